The van der Waals surface area contributed by atoms with E-state index in [0.717, 1.165) is 35.6 Å². The number of urea groups is 1. The molecule has 48 heavy (non-hydrogen) atoms. The summed E-state index contributed by atoms with van der Waals surface area (Å²) in [5.74, 6) is -0.0574. The summed E-state index contributed by atoms with van der Waals surface area (Å²) in [7, 11) is 0. The number of primary amides is 1. The number of hydrogen-bond acceptors (Lipinski definition) is 8. The summed E-state index contributed by atoms with van der Waals surface area (Å²) in [5.41, 5.74) is 24.4. The van der Waals surface area contributed by atoms with Crippen LogP contribution in [0.15, 0.2) is 72.8 Å². The second kappa shape index (κ2) is 12.7. The Morgan fingerprint density at radius 1 is 0.854 bits per heavy atom. The predicted octanol–water partition coefficient (Wildman–Crippen LogP) is 5.45. The van der Waals surface area contributed by atoms with Crippen molar-refractivity contribution in [3.05, 3.63) is 89.6 Å². The molecule has 3 aromatic carbocycles. The second-order valence-corrected chi connectivity index (χ2v) is 12.7. The third-order valence-electron chi connectivity index (χ3n) is 7.93. The highest BCUT2D eigenvalue weighted by atomic mass is 16.2. The van der Waals surface area contributed by atoms with E-state index in [9.17, 15) is 9.59 Å². The molecule has 0 spiro atoms. The van der Waals surface area contributed by atoms with Gasteiger partial charge in [-0.15, -0.1) is 0 Å². The normalized spacial score (nSPS) is 11.6. The number of amides is 3. The zero-order valence-corrected chi connectivity index (χ0v) is 27.3. The van der Waals surface area contributed by atoms with Gasteiger partial charge in [-0.3, -0.25) is 14.7 Å². The Kier molecular flexibility index (Phi) is 8.46. The molecule has 0 saturated carbocycles. The van der Waals surface area contributed by atoms with Gasteiger partial charge in [-0.1, -0.05) is 38.5 Å². The third-order valence-corrected chi connectivity index (χ3v) is 7.93. The van der Waals surface area contributed by atoms with Crippen LogP contribution in [0.25, 0.3) is 33.6 Å². The fourth-order valence-electron chi connectivity index (χ4n) is 5.36. The first kappa shape index (κ1) is 32.0. The van der Waals surface area contributed by atoms with Crippen LogP contribution in [0.3, 0.4) is 0 Å². The lowest BCUT2D eigenvalue weighted by atomic mass is 9.92. The number of rotatable bonds is 9. The van der Waals surface area contributed by atoms with Crippen LogP contribution in [0.2, 0.25) is 0 Å². The molecule has 6 aromatic rings. The molecule has 3 heterocycles. The van der Waals surface area contributed by atoms with Gasteiger partial charge < -0.3 is 27.8 Å². The van der Waals surface area contributed by atoms with Gasteiger partial charge in [-0.2, -0.15) is 5.10 Å². The van der Waals surface area contributed by atoms with Crippen molar-refractivity contribution in [3.63, 3.8) is 0 Å². The van der Waals surface area contributed by atoms with Crippen molar-refractivity contribution in [1.82, 2.24) is 24.3 Å². The molecule has 6 rings (SSSR count). The highest BCUT2D eigenvalue weighted by Crippen LogP contribution is 2.32. The molecule has 3 aromatic heterocycles. The van der Waals surface area contributed by atoms with Crippen molar-refractivity contribution in [2.75, 3.05) is 34.8 Å². The van der Waals surface area contributed by atoms with E-state index in [2.05, 4.69) is 36.7 Å². The molecule has 13 nitrogen and oxygen atoms in total. The van der Waals surface area contributed by atoms with E-state index in [1.54, 1.807) is 33.5 Å². The Morgan fingerprint density at radius 3 is 2.21 bits per heavy atom. The van der Waals surface area contributed by atoms with Crippen LogP contribution in [-0.2, 0) is 5.41 Å². The van der Waals surface area contributed by atoms with Crippen molar-refractivity contribution in [3.8, 4) is 11.4 Å². The number of nitrogens with one attached hydrogen (secondary N) is 3. The average molecular weight is 646 g/mol. The lowest BCUT2D eigenvalue weighted by Crippen LogP contribution is -2.21. The second-order valence-electron chi connectivity index (χ2n) is 12.7. The minimum absolute atomic E-state index is 0.0888. The monoisotopic (exact) mass is 645 g/mol. The summed E-state index contributed by atoms with van der Waals surface area (Å²) in [4.78, 5) is 35.3. The number of nitrogens with two attached hydrogens (primary N) is 3. The molecule has 0 aliphatic carbocycles. The molecular formula is C35H39N11O2. The average Bonchev–Trinajstić information content (AvgIpc) is 3.59. The van der Waals surface area contributed by atoms with E-state index in [0.29, 0.717) is 45.9 Å². The largest absolute Gasteiger partial charge is 0.385 e. The highest BCUT2D eigenvalue weighted by Gasteiger charge is 2.24. The van der Waals surface area contributed by atoms with Gasteiger partial charge in [0.25, 0.3) is 5.91 Å². The van der Waals surface area contributed by atoms with Crippen molar-refractivity contribution < 1.29 is 9.59 Å². The maximum absolute atomic E-state index is 13.2. The van der Waals surface area contributed by atoms with Crippen LogP contribution in [0.4, 0.5) is 27.8 Å². The molecule has 0 bridgehead atoms. The van der Waals surface area contributed by atoms with Crippen molar-refractivity contribution in [1.29, 1.82) is 0 Å². The van der Waals surface area contributed by atoms with E-state index >= 15 is 0 Å². The number of hydrogen-bond donors (Lipinski definition) is 6. The van der Waals surface area contributed by atoms with Crippen LogP contribution in [0.1, 0.15) is 48.8 Å². The topological polar surface area (TPSA) is 197 Å². The van der Waals surface area contributed by atoms with Gasteiger partial charge in [-0.25, -0.2) is 19.4 Å². The zero-order valence-electron chi connectivity index (χ0n) is 27.3. The standard InChI is InChI=1S/C35H39N11O2/c1-20-6-11-24(12-7-20)46-28(19-27(44-46)35(2,3)4)43-34(48)40-21-8-13-23(14-9-21)45-31(37)29(32(38)47)30-33(45)42-26-18-22(39-17-5-16-36)10-15-25(26)41-30/h6-15,18-19,39H,5,16-17,36-37H2,1-4H3,(H2,38,47)(H2,40,43,48). The zero-order chi connectivity index (χ0) is 34.2. The Bertz CT molecular complexity index is 2140. The van der Waals surface area contributed by atoms with Gasteiger partial charge in [0.15, 0.2) is 5.65 Å². The number of nitrogens with zero attached hydrogens (tertiary/aromatic N) is 5. The van der Waals surface area contributed by atoms with Gasteiger partial charge in [0.05, 0.1) is 22.4 Å². The van der Waals surface area contributed by atoms with Crippen LogP contribution >= 0.6 is 0 Å². The number of anilines is 4. The fraction of sp³-hybridized carbons (Fsp3) is 0.229. The SMILES string of the molecule is Cc1ccc(-n2nc(C(C)(C)C)cc2NC(=O)Nc2ccc(-n3c(N)c(C(N)=O)c4nc5ccc(NCCCN)cc5nc43)cc2)cc1. The van der Waals surface area contributed by atoms with E-state index in [-0.39, 0.29) is 16.8 Å². The molecule has 0 radical (unpaired) electrons. The summed E-state index contributed by atoms with van der Waals surface area (Å²) in [6, 6.07) is 22.0. The first-order chi connectivity index (χ1) is 22.9. The summed E-state index contributed by atoms with van der Waals surface area (Å²) < 4.78 is 3.36. The summed E-state index contributed by atoms with van der Waals surface area (Å²) in [5, 5.41) is 13.9. The first-order valence-corrected chi connectivity index (χ1v) is 15.6. The van der Waals surface area contributed by atoms with Gasteiger partial charge in [0, 0.05) is 35.1 Å². The number of aryl methyl sites for hydroxylation is 1. The van der Waals surface area contributed by atoms with Crippen LogP contribution < -0.4 is 33.2 Å². The minimum atomic E-state index is -0.709. The van der Waals surface area contributed by atoms with Crippen molar-refractivity contribution in [2.24, 2.45) is 11.5 Å². The molecule has 0 aliphatic heterocycles. The predicted molar refractivity (Wildman–Crippen MR) is 191 cm³/mol. The lowest BCUT2D eigenvalue weighted by Gasteiger charge is -2.14. The third kappa shape index (κ3) is 6.35. The molecule has 9 N–H and O–H groups in total. The van der Waals surface area contributed by atoms with E-state index < -0.39 is 11.9 Å². The maximum atomic E-state index is 13.2. The van der Waals surface area contributed by atoms with Gasteiger partial charge in [0.1, 0.15) is 22.7 Å². The molecule has 0 unspecified atom stereocenters. The molecule has 13 heteroatoms. The van der Waals surface area contributed by atoms with Crippen molar-refractivity contribution in [2.45, 2.75) is 39.5 Å². The lowest BCUT2D eigenvalue weighted by molar-refractivity contribution is 0.100. The number of carbonyl (C=O) groups is 2. The minimum Gasteiger partial charge on any atom is -0.385 e. The van der Waals surface area contributed by atoms with Crippen LogP contribution in [-0.4, -0.2) is 49.3 Å². The number of nitrogen functional groups attached to an aromatic ring is 1. The highest BCUT2D eigenvalue weighted by molar-refractivity contribution is 6.10. The first-order valence-electron chi connectivity index (χ1n) is 15.6. The number of fused-ring (bicyclic) bond motifs is 2. The number of benzene rings is 3. The van der Waals surface area contributed by atoms with Crippen LogP contribution in [0, 0.1) is 6.92 Å². The quantitative estimate of drug-likeness (QED) is 0.112. The molecule has 0 aliphatic rings. The smallest absolute Gasteiger partial charge is 0.324 e. The Balaban J connectivity index is 1.28. The van der Waals surface area contributed by atoms with Gasteiger partial charge in [0.2, 0.25) is 0 Å². The summed E-state index contributed by atoms with van der Waals surface area (Å²) in [6.45, 7) is 9.53. The Morgan fingerprint density at radius 2 is 1.54 bits per heavy atom. The number of carbonyl (C=O) groups excluding carboxylic acids is 2. The van der Waals surface area contributed by atoms with E-state index in [1.807, 2.05) is 55.5 Å². The molecule has 0 fully saturated rings. The van der Waals surface area contributed by atoms with E-state index in [1.165, 1.54) is 0 Å². The molecule has 246 valence electrons. The van der Waals surface area contributed by atoms with Gasteiger partial charge in [-0.05, 0) is 74.5 Å². The van der Waals surface area contributed by atoms with Crippen molar-refractivity contribution >= 4 is 57.1 Å². The van der Waals surface area contributed by atoms with Gasteiger partial charge >= 0.3 is 6.03 Å². The molecular weight excluding hydrogens is 606 g/mol. The molecule has 3 amide bonds. The number of aromatic nitrogens is 5. The van der Waals surface area contributed by atoms with E-state index in [4.69, 9.17) is 32.3 Å². The Labute approximate surface area is 277 Å². The van der Waals surface area contributed by atoms with Crippen LogP contribution in [0.5, 0.6) is 0 Å². The maximum Gasteiger partial charge on any atom is 0.324 e. The summed E-state index contributed by atoms with van der Waals surface area (Å²) >= 11 is 0. The fourth-order valence-corrected chi connectivity index (χ4v) is 5.36. The molecule has 0 saturated heterocycles. The summed E-state index contributed by atoms with van der Waals surface area (Å²) in [6.07, 6.45) is 0.826. The Hall–Kier alpha value is -5.95. The molecule has 0 atom stereocenters.